The van der Waals surface area contributed by atoms with E-state index in [4.69, 9.17) is 0 Å². The number of aromatic nitrogens is 1. The van der Waals surface area contributed by atoms with Crippen molar-refractivity contribution in [1.29, 1.82) is 0 Å². The first-order chi connectivity index (χ1) is 6.79. The van der Waals surface area contributed by atoms with Gasteiger partial charge in [0.15, 0.2) is 0 Å². The molecule has 1 aliphatic rings. The van der Waals surface area contributed by atoms with E-state index in [-0.39, 0.29) is 11.9 Å². The first-order valence-corrected chi connectivity index (χ1v) is 5.20. The van der Waals surface area contributed by atoms with Crippen molar-refractivity contribution < 1.29 is 4.79 Å². The lowest BCUT2D eigenvalue weighted by Gasteiger charge is -2.21. The van der Waals surface area contributed by atoms with Crippen LogP contribution in [0.15, 0.2) is 24.5 Å². The lowest BCUT2D eigenvalue weighted by atomic mass is 10.3. The molecule has 1 aliphatic heterocycles. The van der Waals surface area contributed by atoms with Gasteiger partial charge in [-0.1, -0.05) is 0 Å². The zero-order valence-electron chi connectivity index (χ0n) is 8.52. The summed E-state index contributed by atoms with van der Waals surface area (Å²) in [6.45, 7) is 3.83. The van der Waals surface area contributed by atoms with Gasteiger partial charge in [0, 0.05) is 25.5 Å². The lowest BCUT2D eigenvalue weighted by Crippen LogP contribution is -2.33. The van der Waals surface area contributed by atoms with Crippen molar-refractivity contribution in [1.82, 2.24) is 9.47 Å². The van der Waals surface area contributed by atoms with Gasteiger partial charge in [0.2, 0.25) is 5.91 Å². The zero-order chi connectivity index (χ0) is 9.97. The molecule has 2 heterocycles. The number of carbonyl (C=O) groups is 1. The molecule has 0 radical (unpaired) electrons. The first kappa shape index (κ1) is 9.31. The van der Waals surface area contributed by atoms with E-state index in [1.807, 2.05) is 40.9 Å². The summed E-state index contributed by atoms with van der Waals surface area (Å²) in [7, 11) is 0. The Kier molecular flexibility index (Phi) is 2.57. The van der Waals surface area contributed by atoms with Gasteiger partial charge in [0.1, 0.15) is 6.04 Å². The number of nitrogens with zero attached hydrogens (tertiary/aromatic N) is 2. The second-order valence-electron chi connectivity index (χ2n) is 3.84. The van der Waals surface area contributed by atoms with Gasteiger partial charge < -0.3 is 9.47 Å². The quantitative estimate of drug-likeness (QED) is 0.699. The van der Waals surface area contributed by atoms with Crippen LogP contribution in [-0.2, 0) is 4.79 Å². The highest BCUT2D eigenvalue weighted by Gasteiger charge is 2.23. The molecule has 76 valence electrons. The van der Waals surface area contributed by atoms with Crippen molar-refractivity contribution in [2.45, 2.75) is 25.8 Å². The SMILES string of the molecule is CC(C(=O)N1CCCC1)n1cccc1. The molecular formula is C11H16N2O. The van der Waals surface area contributed by atoms with E-state index < -0.39 is 0 Å². The monoisotopic (exact) mass is 192 g/mol. The van der Waals surface area contributed by atoms with Crippen LogP contribution in [0.1, 0.15) is 25.8 Å². The van der Waals surface area contributed by atoms with Crippen molar-refractivity contribution in [3.05, 3.63) is 24.5 Å². The Hall–Kier alpha value is -1.25. The summed E-state index contributed by atoms with van der Waals surface area (Å²) in [4.78, 5) is 13.9. The van der Waals surface area contributed by atoms with E-state index in [0.717, 1.165) is 25.9 Å². The number of hydrogen-bond acceptors (Lipinski definition) is 1. The molecule has 1 atom stereocenters. The predicted molar refractivity (Wildman–Crippen MR) is 55.0 cm³/mol. The molecule has 14 heavy (non-hydrogen) atoms. The van der Waals surface area contributed by atoms with Gasteiger partial charge >= 0.3 is 0 Å². The van der Waals surface area contributed by atoms with Gasteiger partial charge in [-0.05, 0) is 31.9 Å². The highest BCUT2D eigenvalue weighted by Crippen LogP contribution is 2.15. The third kappa shape index (κ3) is 1.67. The molecular weight excluding hydrogens is 176 g/mol. The van der Waals surface area contributed by atoms with Gasteiger partial charge in [-0.2, -0.15) is 0 Å². The van der Waals surface area contributed by atoms with Gasteiger partial charge in [-0.15, -0.1) is 0 Å². The molecule has 1 saturated heterocycles. The van der Waals surface area contributed by atoms with Gasteiger partial charge in [0.25, 0.3) is 0 Å². The largest absolute Gasteiger partial charge is 0.342 e. The molecule has 1 aromatic heterocycles. The van der Waals surface area contributed by atoms with E-state index in [1.165, 1.54) is 0 Å². The Morgan fingerprint density at radius 3 is 2.36 bits per heavy atom. The number of likely N-dealkylation sites (tertiary alicyclic amines) is 1. The Labute approximate surface area is 84.3 Å². The van der Waals surface area contributed by atoms with Crippen LogP contribution in [0.3, 0.4) is 0 Å². The van der Waals surface area contributed by atoms with Gasteiger partial charge in [-0.25, -0.2) is 0 Å². The van der Waals surface area contributed by atoms with E-state index in [1.54, 1.807) is 0 Å². The normalized spacial score (nSPS) is 18.5. The summed E-state index contributed by atoms with van der Waals surface area (Å²) in [6.07, 6.45) is 6.20. The molecule has 0 N–H and O–H groups in total. The number of carbonyl (C=O) groups excluding carboxylic acids is 1. The minimum atomic E-state index is -0.0527. The molecule has 0 aliphatic carbocycles. The Balaban J connectivity index is 2.04. The molecule has 3 nitrogen and oxygen atoms in total. The third-order valence-electron chi connectivity index (χ3n) is 2.85. The van der Waals surface area contributed by atoms with Crippen molar-refractivity contribution in [3.8, 4) is 0 Å². The zero-order valence-corrected chi connectivity index (χ0v) is 8.52. The average molecular weight is 192 g/mol. The molecule has 3 heteroatoms. The van der Waals surface area contributed by atoms with Crippen molar-refractivity contribution >= 4 is 5.91 Å². The highest BCUT2D eigenvalue weighted by molar-refractivity contribution is 5.80. The number of amides is 1. The van der Waals surface area contributed by atoms with Crippen molar-refractivity contribution in [2.75, 3.05) is 13.1 Å². The smallest absolute Gasteiger partial charge is 0.245 e. The molecule has 2 rings (SSSR count). The van der Waals surface area contributed by atoms with Crippen LogP contribution in [0.2, 0.25) is 0 Å². The molecule has 1 amide bonds. The molecule has 1 unspecified atom stereocenters. The molecule has 1 aromatic rings. The van der Waals surface area contributed by atoms with Crippen molar-refractivity contribution in [3.63, 3.8) is 0 Å². The average Bonchev–Trinajstić information content (AvgIpc) is 2.87. The maximum Gasteiger partial charge on any atom is 0.245 e. The Morgan fingerprint density at radius 1 is 1.21 bits per heavy atom. The summed E-state index contributed by atoms with van der Waals surface area (Å²) < 4.78 is 1.96. The Bertz CT molecular complexity index is 299. The summed E-state index contributed by atoms with van der Waals surface area (Å²) in [5.74, 6) is 0.249. The van der Waals surface area contributed by atoms with E-state index >= 15 is 0 Å². The molecule has 0 aromatic carbocycles. The molecule has 1 fully saturated rings. The van der Waals surface area contributed by atoms with E-state index in [0.29, 0.717) is 0 Å². The summed E-state index contributed by atoms with van der Waals surface area (Å²) in [6, 6.07) is 3.85. The fourth-order valence-corrected chi connectivity index (χ4v) is 1.94. The maximum absolute atomic E-state index is 11.9. The van der Waals surface area contributed by atoms with Crippen LogP contribution in [0.5, 0.6) is 0 Å². The van der Waals surface area contributed by atoms with Crippen molar-refractivity contribution in [2.24, 2.45) is 0 Å². The highest BCUT2D eigenvalue weighted by atomic mass is 16.2. The van der Waals surface area contributed by atoms with Crippen LogP contribution in [0.25, 0.3) is 0 Å². The first-order valence-electron chi connectivity index (χ1n) is 5.20. The molecule has 0 saturated carbocycles. The maximum atomic E-state index is 11.9. The topological polar surface area (TPSA) is 25.2 Å². The predicted octanol–water partition coefficient (Wildman–Crippen LogP) is 1.67. The number of hydrogen-bond donors (Lipinski definition) is 0. The van der Waals surface area contributed by atoms with Gasteiger partial charge in [0.05, 0.1) is 0 Å². The minimum Gasteiger partial charge on any atom is -0.342 e. The van der Waals surface area contributed by atoms with Crippen LogP contribution in [0, 0.1) is 0 Å². The van der Waals surface area contributed by atoms with E-state index in [2.05, 4.69) is 0 Å². The van der Waals surface area contributed by atoms with E-state index in [9.17, 15) is 4.79 Å². The van der Waals surface area contributed by atoms with Crippen LogP contribution < -0.4 is 0 Å². The number of rotatable bonds is 2. The second kappa shape index (κ2) is 3.86. The summed E-state index contributed by atoms with van der Waals surface area (Å²) >= 11 is 0. The third-order valence-corrected chi connectivity index (χ3v) is 2.85. The fraction of sp³-hybridized carbons (Fsp3) is 0.545. The Morgan fingerprint density at radius 2 is 1.79 bits per heavy atom. The van der Waals surface area contributed by atoms with Crippen LogP contribution in [0.4, 0.5) is 0 Å². The van der Waals surface area contributed by atoms with Gasteiger partial charge in [-0.3, -0.25) is 4.79 Å². The van der Waals surface area contributed by atoms with Crippen LogP contribution in [-0.4, -0.2) is 28.5 Å². The fourth-order valence-electron chi connectivity index (χ4n) is 1.94. The molecule has 0 spiro atoms. The lowest BCUT2D eigenvalue weighted by molar-refractivity contribution is -0.133. The second-order valence-corrected chi connectivity index (χ2v) is 3.84. The summed E-state index contributed by atoms with van der Waals surface area (Å²) in [5.41, 5.74) is 0. The minimum absolute atomic E-state index is 0.0527. The molecule has 0 bridgehead atoms. The standard InChI is InChI=1S/C11H16N2O/c1-10(12-6-2-3-7-12)11(14)13-8-4-5-9-13/h2-3,6-7,10H,4-5,8-9H2,1H3. The summed E-state index contributed by atoms with van der Waals surface area (Å²) in [5, 5.41) is 0. The van der Waals surface area contributed by atoms with Crippen LogP contribution >= 0.6 is 0 Å².